The zero-order valence-corrected chi connectivity index (χ0v) is 33.0. The van der Waals surface area contributed by atoms with Gasteiger partial charge in [-0.3, -0.25) is 0 Å². The zero-order valence-electron chi connectivity index (χ0n) is 23.4. The Morgan fingerprint density at radius 3 is 0.612 bits per heavy atom. The molecule has 4 rings (SSSR count). The molecule has 0 aliphatic heterocycles. The Kier molecular flexibility index (Phi) is 19.5. The Labute approximate surface area is 333 Å². The van der Waals surface area contributed by atoms with Crippen molar-refractivity contribution >= 4 is 117 Å². The smallest absolute Gasteiger partial charge is 0.339 e. The zero-order chi connectivity index (χ0) is 37.2. The van der Waals surface area contributed by atoms with Gasteiger partial charge in [0.05, 0.1) is 20.1 Å². The van der Waals surface area contributed by atoms with Crippen LogP contribution < -0.4 is 0 Å². The first-order valence-corrected chi connectivity index (χ1v) is 14.8. The summed E-state index contributed by atoms with van der Waals surface area (Å²) < 4.78 is 0. The van der Waals surface area contributed by atoms with Gasteiger partial charge in [0, 0.05) is 25.8 Å². The number of aromatic hydroxyl groups is 4. The van der Waals surface area contributed by atoms with Gasteiger partial charge >= 0.3 is 23.9 Å². The summed E-state index contributed by atoms with van der Waals surface area (Å²) in [5.41, 5.74) is -1.04. The first-order valence-electron chi connectivity index (χ1n) is 11.8. The van der Waals surface area contributed by atoms with Crippen LogP contribution in [0.1, 0.15) is 41.4 Å². The minimum absolute atomic E-state index is 0. The van der Waals surface area contributed by atoms with Crippen molar-refractivity contribution in [3.63, 3.8) is 0 Å². The first-order chi connectivity index (χ1) is 22.1. The molecule has 0 bridgehead atoms. The van der Waals surface area contributed by atoms with E-state index in [1.54, 1.807) is 0 Å². The molecule has 0 spiro atoms. The number of aromatic carboxylic acids is 4. The van der Waals surface area contributed by atoms with E-state index < -0.39 is 46.9 Å². The van der Waals surface area contributed by atoms with Gasteiger partial charge in [-0.05, 0) is 48.5 Å². The molecule has 0 fully saturated rings. The minimum atomic E-state index is -1.24. The average molecular weight is 1010 g/mol. The molecule has 49 heavy (non-hydrogen) atoms. The normalized spacial score (nSPS) is 9.63. The number of carboxylic acid groups (broad SMARTS) is 4. The molecular weight excluding hydrogens is 990 g/mol. The third-order valence-corrected chi connectivity index (χ3v) is 8.38. The van der Waals surface area contributed by atoms with E-state index >= 15 is 0 Å². The van der Waals surface area contributed by atoms with Crippen LogP contribution in [0.2, 0.25) is 40.2 Å². The number of rotatable bonds is 4. The number of benzene rings is 4. The minimum Gasteiger partial charge on any atom is -0.505 e. The third kappa shape index (κ3) is 12.8. The van der Waals surface area contributed by atoms with Gasteiger partial charge in [-0.1, -0.05) is 92.8 Å². The van der Waals surface area contributed by atoms with E-state index in [0.29, 0.717) is 0 Å². The summed E-state index contributed by atoms with van der Waals surface area (Å²) in [5, 5.41) is 70.6. The second kappa shape index (κ2) is 20.7. The summed E-state index contributed by atoms with van der Waals surface area (Å²) in [6.45, 7) is 0. The van der Waals surface area contributed by atoms with Gasteiger partial charge in [0.2, 0.25) is 0 Å². The molecule has 0 atom stereocenters. The SMILES string of the molecule is O=C(O)c1ccc(Cl)c(Cl)c1O.O=C(O)c1ccc(Cl)c(Cl)c1O.O=C(O)c1ccc(Cl)c(Cl)c1O.O=C(O)c1ccc(Cl)c(Cl)c1O.[Hf]. The van der Waals surface area contributed by atoms with Crippen LogP contribution in [0.4, 0.5) is 0 Å². The fraction of sp³-hybridized carbons (Fsp3) is 0. The third-order valence-electron chi connectivity index (χ3n) is 5.20. The molecule has 8 N–H and O–H groups in total. The van der Waals surface area contributed by atoms with Crippen molar-refractivity contribution in [2.24, 2.45) is 0 Å². The standard InChI is InChI=1S/4C7H4Cl2O3.Hf/c4*8-4-2-1-3(7(11)12)6(10)5(4)9;/h4*1-2,10H,(H,11,12);. The van der Waals surface area contributed by atoms with Crippen LogP contribution in [-0.4, -0.2) is 64.7 Å². The molecule has 0 radical (unpaired) electrons. The molecule has 0 unspecified atom stereocenters. The number of hydrogen-bond donors (Lipinski definition) is 8. The van der Waals surface area contributed by atoms with Gasteiger partial charge in [0.25, 0.3) is 0 Å². The summed E-state index contributed by atoms with van der Waals surface area (Å²) >= 11 is 43.9. The van der Waals surface area contributed by atoms with Gasteiger partial charge < -0.3 is 40.9 Å². The maximum absolute atomic E-state index is 10.4. The Bertz CT molecular complexity index is 1620. The summed E-state index contributed by atoms with van der Waals surface area (Å²) in [6, 6.07) is 10.00. The van der Waals surface area contributed by atoms with Crippen molar-refractivity contribution < 1.29 is 85.9 Å². The predicted octanol–water partition coefficient (Wildman–Crippen LogP) is 9.59. The maximum atomic E-state index is 10.4. The number of hydrogen-bond acceptors (Lipinski definition) is 8. The predicted molar refractivity (Wildman–Crippen MR) is 180 cm³/mol. The molecule has 4 aromatic carbocycles. The Morgan fingerprint density at radius 1 is 0.347 bits per heavy atom. The molecule has 0 saturated heterocycles. The van der Waals surface area contributed by atoms with Crippen molar-refractivity contribution in [2.45, 2.75) is 0 Å². The second-order valence-corrected chi connectivity index (χ2v) is 11.4. The van der Waals surface area contributed by atoms with Gasteiger partial charge in [-0.15, -0.1) is 0 Å². The van der Waals surface area contributed by atoms with Gasteiger partial charge in [0.1, 0.15) is 65.3 Å². The Balaban J connectivity index is 0.000000623. The van der Waals surface area contributed by atoms with Crippen molar-refractivity contribution in [3.05, 3.63) is 111 Å². The summed E-state index contributed by atoms with van der Waals surface area (Å²) in [4.78, 5) is 41.7. The van der Waals surface area contributed by atoms with Crippen LogP contribution in [0.5, 0.6) is 23.0 Å². The first kappa shape index (κ1) is 46.2. The monoisotopic (exact) mass is 1000 g/mol. The fourth-order valence-electron chi connectivity index (χ4n) is 2.85. The van der Waals surface area contributed by atoms with E-state index in [4.69, 9.17) is 134 Å². The number of phenols is 4. The quantitative estimate of drug-likeness (QED) is 0.0894. The van der Waals surface area contributed by atoms with Gasteiger partial charge in [-0.25, -0.2) is 19.2 Å². The average Bonchev–Trinajstić information content (AvgIpc) is 3.00. The van der Waals surface area contributed by atoms with Crippen LogP contribution >= 0.6 is 92.8 Å². The topological polar surface area (TPSA) is 230 Å². The van der Waals surface area contributed by atoms with Crippen molar-refractivity contribution in [1.29, 1.82) is 0 Å². The van der Waals surface area contributed by atoms with E-state index in [9.17, 15) is 19.2 Å². The molecule has 21 heteroatoms. The van der Waals surface area contributed by atoms with Crippen molar-refractivity contribution in [1.82, 2.24) is 0 Å². The van der Waals surface area contributed by atoms with E-state index in [2.05, 4.69) is 0 Å². The molecule has 0 aliphatic carbocycles. The van der Waals surface area contributed by atoms with Gasteiger partial charge in [-0.2, -0.15) is 0 Å². The number of carboxylic acids is 4. The summed E-state index contributed by atoms with van der Waals surface area (Å²) in [5.74, 6) is -6.99. The molecule has 0 amide bonds. The molecule has 4 aromatic rings. The Hall–Kier alpha value is -2.85. The molecule has 0 saturated carbocycles. The molecule has 0 aromatic heterocycles. The van der Waals surface area contributed by atoms with Crippen LogP contribution in [0.25, 0.3) is 0 Å². The van der Waals surface area contributed by atoms with Gasteiger partial charge in [0.15, 0.2) is 0 Å². The Morgan fingerprint density at radius 2 is 0.490 bits per heavy atom. The maximum Gasteiger partial charge on any atom is 0.339 e. The largest absolute Gasteiger partial charge is 0.505 e. The molecule has 12 nitrogen and oxygen atoms in total. The fourth-order valence-corrected chi connectivity index (χ4v) is 4.12. The molecular formula is C28H16Cl8HfO12. The number of carbonyl (C=O) groups is 4. The summed E-state index contributed by atoms with van der Waals surface area (Å²) in [6.07, 6.45) is 0. The van der Waals surface area contributed by atoms with Crippen LogP contribution in [0.3, 0.4) is 0 Å². The van der Waals surface area contributed by atoms with E-state index in [1.165, 1.54) is 48.5 Å². The summed E-state index contributed by atoms with van der Waals surface area (Å²) in [7, 11) is 0. The van der Waals surface area contributed by atoms with Crippen molar-refractivity contribution in [3.8, 4) is 23.0 Å². The molecule has 0 heterocycles. The molecule has 260 valence electrons. The van der Waals surface area contributed by atoms with E-state index in [0.717, 1.165) is 0 Å². The second-order valence-electron chi connectivity index (χ2n) is 8.25. The number of halogens is 8. The van der Waals surface area contributed by atoms with Crippen molar-refractivity contribution in [2.75, 3.05) is 0 Å². The molecule has 0 aliphatic rings. The van der Waals surface area contributed by atoms with Crippen LogP contribution in [-0.2, 0) is 25.8 Å². The van der Waals surface area contributed by atoms with Crippen LogP contribution in [0, 0.1) is 0 Å². The van der Waals surface area contributed by atoms with Crippen LogP contribution in [0.15, 0.2) is 48.5 Å². The van der Waals surface area contributed by atoms with E-state index in [1.807, 2.05) is 0 Å². The van der Waals surface area contributed by atoms with E-state index in [-0.39, 0.29) is 88.3 Å².